The van der Waals surface area contributed by atoms with Crippen LogP contribution >= 0.6 is 0 Å². The number of nitrogens with zero attached hydrogens (tertiary/aromatic N) is 3. The van der Waals surface area contributed by atoms with Gasteiger partial charge >= 0.3 is 0 Å². The monoisotopic (exact) mass is 324 g/mol. The standard InChI is InChI=1S/C19H24N4O/c1-13(22-16-5-9-18(24)10-6-16)19-12-21-23(14(19)2)17-7-3-15(11-20)4-8-17/h3-4,7-8,12-13,16,18,22,24H,5-6,9-10H2,1-2H3. The molecule has 0 saturated heterocycles. The molecule has 0 aliphatic heterocycles. The van der Waals surface area contributed by atoms with Crippen molar-refractivity contribution in [2.24, 2.45) is 0 Å². The zero-order valence-electron chi connectivity index (χ0n) is 14.2. The summed E-state index contributed by atoms with van der Waals surface area (Å²) in [5.74, 6) is 0. The molecule has 0 radical (unpaired) electrons. The van der Waals surface area contributed by atoms with Crippen LogP contribution in [0.3, 0.4) is 0 Å². The van der Waals surface area contributed by atoms with E-state index >= 15 is 0 Å². The van der Waals surface area contributed by atoms with E-state index in [0.29, 0.717) is 11.6 Å². The van der Waals surface area contributed by atoms with Gasteiger partial charge < -0.3 is 10.4 Å². The van der Waals surface area contributed by atoms with Crippen LogP contribution in [-0.2, 0) is 0 Å². The maximum atomic E-state index is 9.63. The molecule has 24 heavy (non-hydrogen) atoms. The fourth-order valence-corrected chi connectivity index (χ4v) is 3.47. The van der Waals surface area contributed by atoms with Crippen molar-refractivity contribution in [3.63, 3.8) is 0 Å². The van der Waals surface area contributed by atoms with E-state index in [-0.39, 0.29) is 12.1 Å². The second-order valence-electron chi connectivity index (χ2n) is 6.65. The molecule has 3 rings (SSSR count). The van der Waals surface area contributed by atoms with Gasteiger partial charge in [0, 0.05) is 23.3 Å². The van der Waals surface area contributed by atoms with Crippen molar-refractivity contribution < 1.29 is 5.11 Å². The molecule has 1 atom stereocenters. The Hall–Kier alpha value is -2.16. The minimum atomic E-state index is -0.126. The molecule has 126 valence electrons. The van der Waals surface area contributed by atoms with Crippen LogP contribution in [0.2, 0.25) is 0 Å². The summed E-state index contributed by atoms with van der Waals surface area (Å²) in [5, 5.41) is 26.7. The normalized spacial score (nSPS) is 22.1. The van der Waals surface area contributed by atoms with E-state index in [1.807, 2.05) is 35.1 Å². The Bertz CT molecular complexity index is 721. The van der Waals surface area contributed by atoms with Crippen LogP contribution in [0.4, 0.5) is 0 Å². The zero-order chi connectivity index (χ0) is 17.1. The van der Waals surface area contributed by atoms with Gasteiger partial charge in [-0.2, -0.15) is 10.4 Å². The topological polar surface area (TPSA) is 73.9 Å². The summed E-state index contributed by atoms with van der Waals surface area (Å²) in [7, 11) is 0. The first kappa shape index (κ1) is 16.7. The van der Waals surface area contributed by atoms with Crippen LogP contribution in [0.25, 0.3) is 5.69 Å². The van der Waals surface area contributed by atoms with Crippen molar-refractivity contribution in [2.45, 2.75) is 57.7 Å². The van der Waals surface area contributed by atoms with Crippen LogP contribution in [0.5, 0.6) is 0 Å². The number of hydrogen-bond donors (Lipinski definition) is 2. The number of aromatic nitrogens is 2. The molecular weight excluding hydrogens is 300 g/mol. The third kappa shape index (κ3) is 3.50. The molecule has 0 spiro atoms. The minimum Gasteiger partial charge on any atom is -0.393 e. The second kappa shape index (κ2) is 7.16. The third-order valence-electron chi connectivity index (χ3n) is 4.94. The number of nitriles is 1. The van der Waals surface area contributed by atoms with Gasteiger partial charge in [0.1, 0.15) is 0 Å². The predicted octanol–water partition coefficient (Wildman–Crippen LogP) is 3.01. The van der Waals surface area contributed by atoms with E-state index in [0.717, 1.165) is 37.1 Å². The third-order valence-corrected chi connectivity index (χ3v) is 4.94. The van der Waals surface area contributed by atoms with Gasteiger partial charge in [-0.15, -0.1) is 0 Å². The molecule has 1 aliphatic carbocycles. The lowest BCUT2D eigenvalue weighted by molar-refractivity contribution is 0.114. The van der Waals surface area contributed by atoms with Gasteiger partial charge in [0.05, 0.1) is 29.6 Å². The number of rotatable bonds is 4. The first-order valence-electron chi connectivity index (χ1n) is 8.57. The number of benzene rings is 1. The maximum Gasteiger partial charge on any atom is 0.0991 e. The number of nitrogens with one attached hydrogen (secondary N) is 1. The smallest absolute Gasteiger partial charge is 0.0991 e. The molecule has 0 bridgehead atoms. The molecule has 2 N–H and O–H groups in total. The van der Waals surface area contributed by atoms with E-state index in [9.17, 15) is 5.11 Å². The molecule has 1 saturated carbocycles. The van der Waals surface area contributed by atoms with E-state index in [1.54, 1.807) is 0 Å². The lowest BCUT2D eigenvalue weighted by atomic mass is 9.92. The van der Waals surface area contributed by atoms with Gasteiger partial charge in [0.2, 0.25) is 0 Å². The molecule has 1 aliphatic rings. The summed E-state index contributed by atoms with van der Waals surface area (Å²) in [5.41, 5.74) is 3.91. The van der Waals surface area contributed by atoms with Crippen LogP contribution in [0.1, 0.15) is 55.5 Å². The van der Waals surface area contributed by atoms with Crippen molar-refractivity contribution in [3.05, 3.63) is 47.3 Å². The van der Waals surface area contributed by atoms with Gasteiger partial charge in [-0.3, -0.25) is 0 Å². The van der Waals surface area contributed by atoms with Gasteiger partial charge in [-0.1, -0.05) is 0 Å². The highest BCUT2D eigenvalue weighted by atomic mass is 16.3. The summed E-state index contributed by atoms with van der Waals surface area (Å²) in [6, 6.07) is 10.3. The highest BCUT2D eigenvalue weighted by molar-refractivity contribution is 5.41. The van der Waals surface area contributed by atoms with Crippen LogP contribution in [0, 0.1) is 18.3 Å². The Balaban J connectivity index is 1.72. The van der Waals surface area contributed by atoms with Crippen LogP contribution < -0.4 is 5.32 Å². The molecule has 1 unspecified atom stereocenters. The SMILES string of the molecule is Cc1c(C(C)NC2CCC(O)CC2)cnn1-c1ccc(C#N)cc1. The summed E-state index contributed by atoms with van der Waals surface area (Å²) in [4.78, 5) is 0. The number of hydrogen-bond acceptors (Lipinski definition) is 4. The van der Waals surface area contributed by atoms with Crippen LogP contribution in [0.15, 0.2) is 30.5 Å². The second-order valence-corrected chi connectivity index (χ2v) is 6.65. The van der Waals surface area contributed by atoms with E-state index < -0.39 is 0 Å². The maximum absolute atomic E-state index is 9.63. The van der Waals surface area contributed by atoms with Crippen molar-refractivity contribution in [2.75, 3.05) is 0 Å². The fraction of sp³-hybridized carbons (Fsp3) is 0.474. The summed E-state index contributed by atoms with van der Waals surface area (Å²) in [6.45, 7) is 4.24. The molecular formula is C19H24N4O. The molecule has 5 heteroatoms. The largest absolute Gasteiger partial charge is 0.393 e. The Kier molecular flexibility index (Phi) is 4.98. The summed E-state index contributed by atoms with van der Waals surface area (Å²) >= 11 is 0. The predicted molar refractivity (Wildman–Crippen MR) is 92.8 cm³/mol. The summed E-state index contributed by atoms with van der Waals surface area (Å²) in [6.07, 6.45) is 5.60. The minimum absolute atomic E-state index is 0.126. The average molecular weight is 324 g/mol. The van der Waals surface area contributed by atoms with Crippen molar-refractivity contribution >= 4 is 0 Å². The first-order valence-corrected chi connectivity index (χ1v) is 8.57. The quantitative estimate of drug-likeness (QED) is 0.906. The number of aliphatic hydroxyl groups excluding tert-OH is 1. The van der Waals surface area contributed by atoms with E-state index in [4.69, 9.17) is 5.26 Å². The lowest BCUT2D eigenvalue weighted by Gasteiger charge is -2.29. The van der Waals surface area contributed by atoms with Gasteiger partial charge in [-0.05, 0) is 63.8 Å². The van der Waals surface area contributed by atoms with E-state index in [2.05, 4.69) is 30.3 Å². The van der Waals surface area contributed by atoms with Gasteiger partial charge in [0.15, 0.2) is 0 Å². The van der Waals surface area contributed by atoms with Gasteiger partial charge in [-0.25, -0.2) is 4.68 Å². The van der Waals surface area contributed by atoms with E-state index in [1.165, 1.54) is 5.56 Å². The Morgan fingerprint density at radius 1 is 1.25 bits per heavy atom. The average Bonchev–Trinajstić information content (AvgIpc) is 2.98. The fourth-order valence-electron chi connectivity index (χ4n) is 3.47. The molecule has 2 aromatic rings. The molecule has 0 amide bonds. The summed E-state index contributed by atoms with van der Waals surface area (Å²) < 4.78 is 1.92. The molecule has 5 nitrogen and oxygen atoms in total. The molecule has 1 aromatic heterocycles. The highest BCUT2D eigenvalue weighted by Gasteiger charge is 2.22. The Morgan fingerprint density at radius 2 is 1.92 bits per heavy atom. The highest BCUT2D eigenvalue weighted by Crippen LogP contribution is 2.24. The van der Waals surface area contributed by atoms with Crippen LogP contribution in [-0.4, -0.2) is 27.0 Å². The first-order chi connectivity index (χ1) is 11.6. The Morgan fingerprint density at radius 3 is 2.54 bits per heavy atom. The van der Waals surface area contributed by atoms with Crippen molar-refractivity contribution in [3.8, 4) is 11.8 Å². The molecule has 1 heterocycles. The Labute approximate surface area is 142 Å². The zero-order valence-corrected chi connectivity index (χ0v) is 14.2. The van der Waals surface area contributed by atoms with Crippen molar-refractivity contribution in [1.82, 2.24) is 15.1 Å². The number of aliphatic hydroxyl groups is 1. The molecule has 1 aromatic carbocycles. The van der Waals surface area contributed by atoms with Crippen molar-refractivity contribution in [1.29, 1.82) is 5.26 Å². The van der Waals surface area contributed by atoms with Gasteiger partial charge in [0.25, 0.3) is 0 Å². The lowest BCUT2D eigenvalue weighted by Crippen LogP contribution is -2.36. The molecule has 1 fully saturated rings.